The maximum absolute atomic E-state index is 5.72. The first kappa shape index (κ1) is 11.0. The molecule has 1 aliphatic rings. The second kappa shape index (κ2) is 3.97. The molecule has 2 nitrogen and oxygen atoms in total. The zero-order valence-corrected chi connectivity index (χ0v) is 9.43. The SMILES string of the molecule is CC(CNC1CC(N)C1)C(C)(C)C. The van der Waals surface area contributed by atoms with Crippen molar-refractivity contribution in [3.8, 4) is 0 Å². The van der Waals surface area contributed by atoms with E-state index in [1.54, 1.807) is 0 Å². The standard InChI is InChI=1S/C11H24N2/c1-8(11(2,3)4)7-13-10-5-9(12)6-10/h8-10,13H,5-7,12H2,1-4H3. The van der Waals surface area contributed by atoms with Gasteiger partial charge in [-0.2, -0.15) is 0 Å². The van der Waals surface area contributed by atoms with Gasteiger partial charge in [0.2, 0.25) is 0 Å². The van der Waals surface area contributed by atoms with Crippen molar-refractivity contribution in [1.82, 2.24) is 5.32 Å². The van der Waals surface area contributed by atoms with E-state index in [-0.39, 0.29) is 0 Å². The maximum atomic E-state index is 5.72. The molecule has 1 rings (SSSR count). The fourth-order valence-corrected chi connectivity index (χ4v) is 1.48. The quantitative estimate of drug-likeness (QED) is 0.701. The zero-order valence-electron chi connectivity index (χ0n) is 9.43. The summed E-state index contributed by atoms with van der Waals surface area (Å²) in [7, 11) is 0. The molecule has 0 bridgehead atoms. The van der Waals surface area contributed by atoms with Crippen molar-refractivity contribution in [2.45, 2.75) is 52.6 Å². The summed E-state index contributed by atoms with van der Waals surface area (Å²) >= 11 is 0. The van der Waals surface area contributed by atoms with E-state index in [0.29, 0.717) is 17.5 Å². The summed E-state index contributed by atoms with van der Waals surface area (Å²) in [6.45, 7) is 10.3. The van der Waals surface area contributed by atoms with Gasteiger partial charge in [0.1, 0.15) is 0 Å². The molecule has 1 atom stereocenters. The van der Waals surface area contributed by atoms with Gasteiger partial charge < -0.3 is 11.1 Å². The number of nitrogens with one attached hydrogen (secondary N) is 1. The van der Waals surface area contributed by atoms with E-state index in [2.05, 4.69) is 33.0 Å². The largest absolute Gasteiger partial charge is 0.328 e. The van der Waals surface area contributed by atoms with Crippen molar-refractivity contribution < 1.29 is 0 Å². The summed E-state index contributed by atoms with van der Waals surface area (Å²) in [5.74, 6) is 0.726. The van der Waals surface area contributed by atoms with Gasteiger partial charge in [-0.1, -0.05) is 27.7 Å². The first-order chi connectivity index (χ1) is 5.89. The van der Waals surface area contributed by atoms with E-state index in [0.717, 1.165) is 25.3 Å². The normalized spacial score (nSPS) is 31.2. The van der Waals surface area contributed by atoms with Gasteiger partial charge in [-0.05, 0) is 30.7 Å². The molecule has 3 N–H and O–H groups in total. The lowest BCUT2D eigenvalue weighted by atomic mass is 9.81. The third-order valence-corrected chi connectivity index (χ3v) is 3.37. The highest BCUT2D eigenvalue weighted by Gasteiger charge is 2.27. The molecule has 0 saturated heterocycles. The van der Waals surface area contributed by atoms with Crippen LogP contribution in [0.25, 0.3) is 0 Å². The van der Waals surface area contributed by atoms with E-state index < -0.39 is 0 Å². The minimum atomic E-state index is 0.416. The third-order valence-electron chi connectivity index (χ3n) is 3.37. The van der Waals surface area contributed by atoms with Gasteiger partial charge >= 0.3 is 0 Å². The molecule has 0 spiro atoms. The Labute approximate surface area is 82.3 Å². The van der Waals surface area contributed by atoms with E-state index in [1.807, 2.05) is 0 Å². The van der Waals surface area contributed by atoms with Gasteiger partial charge in [0, 0.05) is 12.1 Å². The van der Waals surface area contributed by atoms with Crippen LogP contribution in [0.5, 0.6) is 0 Å². The Morgan fingerprint density at radius 3 is 2.31 bits per heavy atom. The van der Waals surface area contributed by atoms with E-state index >= 15 is 0 Å². The molecule has 1 aliphatic carbocycles. The second-order valence-electron chi connectivity index (χ2n) is 5.60. The Balaban J connectivity index is 2.12. The van der Waals surface area contributed by atoms with Crippen LogP contribution in [0.2, 0.25) is 0 Å². The van der Waals surface area contributed by atoms with Crippen LogP contribution in [0.1, 0.15) is 40.5 Å². The van der Waals surface area contributed by atoms with Gasteiger partial charge in [-0.15, -0.1) is 0 Å². The summed E-state index contributed by atoms with van der Waals surface area (Å²) < 4.78 is 0. The predicted molar refractivity (Wildman–Crippen MR) is 57.6 cm³/mol. The Kier molecular flexibility index (Phi) is 3.36. The number of hydrogen-bond acceptors (Lipinski definition) is 2. The third kappa shape index (κ3) is 3.28. The van der Waals surface area contributed by atoms with Crippen molar-refractivity contribution in [2.24, 2.45) is 17.1 Å². The molecular formula is C11H24N2. The fourth-order valence-electron chi connectivity index (χ4n) is 1.48. The van der Waals surface area contributed by atoms with Crippen molar-refractivity contribution >= 4 is 0 Å². The highest BCUT2D eigenvalue weighted by molar-refractivity contribution is 4.88. The average molecular weight is 184 g/mol. The van der Waals surface area contributed by atoms with Crippen molar-refractivity contribution in [3.63, 3.8) is 0 Å². The van der Waals surface area contributed by atoms with Crippen LogP contribution in [-0.2, 0) is 0 Å². The molecule has 0 heterocycles. The topological polar surface area (TPSA) is 38.0 Å². The molecule has 0 amide bonds. The average Bonchev–Trinajstić information content (AvgIpc) is 1.93. The molecule has 1 unspecified atom stereocenters. The molecular weight excluding hydrogens is 160 g/mol. The minimum absolute atomic E-state index is 0.416. The summed E-state index contributed by atoms with van der Waals surface area (Å²) in [6, 6.07) is 1.15. The fraction of sp³-hybridized carbons (Fsp3) is 1.00. The first-order valence-electron chi connectivity index (χ1n) is 5.38. The van der Waals surface area contributed by atoms with Gasteiger partial charge in [0.25, 0.3) is 0 Å². The molecule has 0 aromatic heterocycles. The smallest absolute Gasteiger partial charge is 0.00966 e. The number of nitrogens with two attached hydrogens (primary N) is 1. The van der Waals surface area contributed by atoms with Gasteiger partial charge in [-0.25, -0.2) is 0 Å². The molecule has 0 radical (unpaired) electrons. The van der Waals surface area contributed by atoms with Crippen LogP contribution in [-0.4, -0.2) is 18.6 Å². The van der Waals surface area contributed by atoms with Gasteiger partial charge in [0.15, 0.2) is 0 Å². The summed E-state index contributed by atoms with van der Waals surface area (Å²) in [5, 5.41) is 3.58. The van der Waals surface area contributed by atoms with E-state index in [4.69, 9.17) is 5.73 Å². The van der Waals surface area contributed by atoms with Crippen LogP contribution in [0.3, 0.4) is 0 Å². The van der Waals surface area contributed by atoms with Crippen LogP contribution in [0.4, 0.5) is 0 Å². The summed E-state index contributed by atoms with van der Waals surface area (Å²) in [6.07, 6.45) is 2.33. The molecule has 0 aromatic carbocycles. The Morgan fingerprint density at radius 1 is 1.38 bits per heavy atom. The summed E-state index contributed by atoms with van der Waals surface area (Å²) in [4.78, 5) is 0. The molecule has 1 fully saturated rings. The van der Waals surface area contributed by atoms with Crippen LogP contribution in [0.15, 0.2) is 0 Å². The lowest BCUT2D eigenvalue weighted by molar-refractivity contribution is 0.216. The molecule has 13 heavy (non-hydrogen) atoms. The van der Waals surface area contributed by atoms with Crippen LogP contribution < -0.4 is 11.1 Å². The number of hydrogen-bond donors (Lipinski definition) is 2. The lowest BCUT2D eigenvalue weighted by Crippen LogP contribution is -2.50. The van der Waals surface area contributed by atoms with Gasteiger partial charge in [0.05, 0.1) is 0 Å². The molecule has 78 valence electrons. The molecule has 0 aromatic rings. The van der Waals surface area contributed by atoms with E-state index in [1.165, 1.54) is 0 Å². The van der Waals surface area contributed by atoms with Crippen molar-refractivity contribution in [3.05, 3.63) is 0 Å². The number of rotatable bonds is 3. The van der Waals surface area contributed by atoms with E-state index in [9.17, 15) is 0 Å². The molecule has 2 heteroatoms. The Bertz CT molecular complexity index is 154. The van der Waals surface area contributed by atoms with Gasteiger partial charge in [-0.3, -0.25) is 0 Å². The van der Waals surface area contributed by atoms with Crippen LogP contribution in [0, 0.1) is 11.3 Å². The maximum Gasteiger partial charge on any atom is 0.00966 e. The van der Waals surface area contributed by atoms with Crippen LogP contribution >= 0.6 is 0 Å². The Morgan fingerprint density at radius 2 is 1.92 bits per heavy atom. The second-order valence-corrected chi connectivity index (χ2v) is 5.60. The predicted octanol–water partition coefficient (Wildman–Crippen LogP) is 1.75. The monoisotopic (exact) mass is 184 g/mol. The Hall–Kier alpha value is -0.0800. The summed E-state index contributed by atoms with van der Waals surface area (Å²) in [5.41, 5.74) is 6.14. The first-order valence-corrected chi connectivity index (χ1v) is 5.38. The molecule has 1 saturated carbocycles. The highest BCUT2D eigenvalue weighted by Crippen LogP contribution is 2.25. The lowest BCUT2D eigenvalue weighted by Gasteiger charge is -2.36. The van der Waals surface area contributed by atoms with Crippen molar-refractivity contribution in [1.29, 1.82) is 0 Å². The highest BCUT2D eigenvalue weighted by atomic mass is 15.0. The minimum Gasteiger partial charge on any atom is -0.328 e. The van der Waals surface area contributed by atoms with Crippen molar-refractivity contribution in [2.75, 3.05) is 6.54 Å². The zero-order chi connectivity index (χ0) is 10.1. The molecule has 0 aliphatic heterocycles.